The number of aromatic nitrogens is 1. The van der Waals surface area contributed by atoms with Gasteiger partial charge in [0.1, 0.15) is 0 Å². The molecule has 1 heterocycles. The Morgan fingerprint density at radius 1 is 1.75 bits per heavy atom. The van der Waals surface area contributed by atoms with E-state index in [2.05, 4.69) is 10.5 Å². The molecule has 1 aliphatic rings. The Bertz CT molecular complexity index is 302. The van der Waals surface area contributed by atoms with Crippen LogP contribution in [0.25, 0.3) is 0 Å². The Labute approximate surface area is 69.9 Å². The highest BCUT2D eigenvalue weighted by Crippen LogP contribution is 2.19. The topological polar surface area (TPSA) is 55.1 Å². The second-order valence-electron chi connectivity index (χ2n) is 3.09. The summed E-state index contributed by atoms with van der Waals surface area (Å²) in [5.41, 5.74) is 0.785. The molecular weight excluding hydrogens is 156 g/mol. The van der Waals surface area contributed by atoms with Crippen LogP contribution in [0.3, 0.4) is 0 Å². The molecule has 0 radical (unpaired) electrons. The molecule has 1 N–H and O–H groups in total. The fourth-order valence-electron chi connectivity index (χ4n) is 0.988. The molecule has 1 aromatic heterocycles. The number of rotatable bonds is 2. The third-order valence-electron chi connectivity index (χ3n) is 1.87. The van der Waals surface area contributed by atoms with Crippen molar-refractivity contribution in [1.82, 2.24) is 10.5 Å². The van der Waals surface area contributed by atoms with Crippen molar-refractivity contribution < 1.29 is 9.32 Å². The monoisotopic (exact) mass is 166 g/mol. The van der Waals surface area contributed by atoms with E-state index in [1.165, 1.54) is 0 Å². The molecule has 2 rings (SSSR count). The lowest BCUT2D eigenvalue weighted by Crippen LogP contribution is -2.25. The summed E-state index contributed by atoms with van der Waals surface area (Å²) in [5, 5.41) is 6.36. The van der Waals surface area contributed by atoms with Crippen molar-refractivity contribution in [2.24, 2.45) is 0 Å². The van der Waals surface area contributed by atoms with E-state index >= 15 is 0 Å². The largest absolute Gasteiger partial charge is 0.351 e. The number of amides is 1. The van der Waals surface area contributed by atoms with E-state index in [-0.39, 0.29) is 5.91 Å². The van der Waals surface area contributed by atoms with Crippen molar-refractivity contribution in [2.45, 2.75) is 25.8 Å². The summed E-state index contributed by atoms with van der Waals surface area (Å²) in [6, 6.07) is 0.363. The van der Waals surface area contributed by atoms with Gasteiger partial charge in [-0.25, -0.2) is 0 Å². The summed E-state index contributed by atoms with van der Waals surface area (Å²) in [6.45, 7) is 1.80. The lowest BCUT2D eigenvalue weighted by molar-refractivity contribution is 0.0913. The first-order valence-corrected chi connectivity index (χ1v) is 3.99. The van der Waals surface area contributed by atoms with Crippen molar-refractivity contribution in [1.29, 1.82) is 0 Å². The van der Waals surface area contributed by atoms with Crippen LogP contribution in [0.15, 0.2) is 10.7 Å². The zero-order chi connectivity index (χ0) is 8.55. The van der Waals surface area contributed by atoms with E-state index < -0.39 is 0 Å². The van der Waals surface area contributed by atoms with Gasteiger partial charge >= 0.3 is 0 Å². The number of nitrogens with one attached hydrogen (secondary N) is 1. The van der Waals surface area contributed by atoms with Gasteiger partial charge in [0.15, 0.2) is 0 Å². The lowest BCUT2D eigenvalue weighted by Gasteiger charge is -1.98. The molecule has 4 nitrogen and oxygen atoms in total. The number of carbonyl (C=O) groups excluding carboxylic acids is 1. The van der Waals surface area contributed by atoms with Gasteiger partial charge in [-0.2, -0.15) is 0 Å². The molecule has 0 aliphatic heterocycles. The Kier molecular flexibility index (Phi) is 1.60. The average Bonchev–Trinajstić information content (AvgIpc) is 2.72. The summed E-state index contributed by atoms with van der Waals surface area (Å²) in [7, 11) is 0. The quantitative estimate of drug-likeness (QED) is 0.709. The Morgan fingerprint density at radius 3 is 3.00 bits per heavy atom. The molecule has 0 saturated heterocycles. The maximum atomic E-state index is 11.3. The van der Waals surface area contributed by atoms with E-state index in [1.54, 1.807) is 13.1 Å². The van der Waals surface area contributed by atoms with Crippen LogP contribution in [0.5, 0.6) is 0 Å². The molecule has 1 aliphatic carbocycles. The highest BCUT2D eigenvalue weighted by molar-refractivity contribution is 5.92. The van der Waals surface area contributed by atoms with Crippen molar-refractivity contribution in [2.75, 3.05) is 0 Å². The molecule has 0 unspecified atom stereocenters. The molecule has 0 spiro atoms. The van der Waals surface area contributed by atoms with E-state index in [4.69, 9.17) is 4.52 Å². The Hall–Kier alpha value is -1.32. The van der Waals surface area contributed by atoms with E-state index in [0.29, 0.717) is 11.8 Å². The van der Waals surface area contributed by atoms with Crippen LogP contribution in [0.4, 0.5) is 0 Å². The van der Waals surface area contributed by atoms with Crippen molar-refractivity contribution >= 4 is 5.91 Å². The summed E-state index contributed by atoms with van der Waals surface area (Å²) in [6.07, 6.45) is 3.71. The highest BCUT2D eigenvalue weighted by Gasteiger charge is 2.25. The molecule has 0 atom stereocenters. The fraction of sp³-hybridized carbons (Fsp3) is 0.500. The zero-order valence-electron chi connectivity index (χ0n) is 6.83. The van der Waals surface area contributed by atoms with Gasteiger partial charge in [-0.1, -0.05) is 5.16 Å². The molecule has 1 fully saturated rings. The highest BCUT2D eigenvalue weighted by atomic mass is 16.5. The number of aryl methyl sites for hydroxylation is 1. The summed E-state index contributed by atoms with van der Waals surface area (Å²) in [5.74, 6) is 0.189. The number of hydrogen-bond acceptors (Lipinski definition) is 3. The van der Waals surface area contributed by atoms with Gasteiger partial charge in [0, 0.05) is 11.6 Å². The Morgan fingerprint density at radius 2 is 2.50 bits per heavy atom. The summed E-state index contributed by atoms with van der Waals surface area (Å²) in [4.78, 5) is 11.3. The SMILES string of the molecule is Cc1cnoc1C(=O)NC1CC1. The smallest absolute Gasteiger partial charge is 0.290 e. The second-order valence-corrected chi connectivity index (χ2v) is 3.09. The number of hydrogen-bond donors (Lipinski definition) is 1. The van der Waals surface area contributed by atoms with Crippen LogP contribution in [0.2, 0.25) is 0 Å². The average molecular weight is 166 g/mol. The molecule has 1 saturated carbocycles. The normalized spacial score (nSPS) is 16.1. The fourth-order valence-corrected chi connectivity index (χ4v) is 0.988. The maximum absolute atomic E-state index is 11.3. The third-order valence-corrected chi connectivity index (χ3v) is 1.87. The van der Waals surface area contributed by atoms with Gasteiger partial charge in [-0.05, 0) is 19.8 Å². The van der Waals surface area contributed by atoms with Crippen LogP contribution in [0, 0.1) is 6.92 Å². The van der Waals surface area contributed by atoms with Gasteiger partial charge in [0.05, 0.1) is 6.20 Å². The minimum Gasteiger partial charge on any atom is -0.351 e. The Balaban J connectivity index is 2.07. The molecule has 64 valence electrons. The molecule has 0 aromatic carbocycles. The van der Waals surface area contributed by atoms with E-state index in [1.807, 2.05) is 0 Å². The number of nitrogens with zero attached hydrogens (tertiary/aromatic N) is 1. The minimum atomic E-state index is -0.146. The standard InChI is InChI=1S/C8H10N2O2/c1-5-4-9-12-7(5)8(11)10-6-2-3-6/h4,6H,2-3H2,1H3,(H,10,11). The molecule has 1 amide bonds. The van der Waals surface area contributed by atoms with E-state index in [0.717, 1.165) is 18.4 Å². The van der Waals surface area contributed by atoms with Crippen molar-refractivity contribution in [3.05, 3.63) is 17.5 Å². The lowest BCUT2D eigenvalue weighted by atomic mass is 10.3. The number of carbonyl (C=O) groups is 1. The summed E-state index contributed by atoms with van der Waals surface area (Å²) < 4.78 is 4.79. The van der Waals surface area contributed by atoms with Gasteiger partial charge in [-0.15, -0.1) is 0 Å². The molecule has 1 aromatic rings. The van der Waals surface area contributed by atoms with Gasteiger partial charge in [0.25, 0.3) is 5.91 Å². The van der Waals surface area contributed by atoms with Crippen LogP contribution in [-0.4, -0.2) is 17.1 Å². The second kappa shape index (κ2) is 2.62. The van der Waals surface area contributed by atoms with Gasteiger partial charge in [0.2, 0.25) is 5.76 Å². The third kappa shape index (κ3) is 1.32. The molecule has 0 bridgehead atoms. The van der Waals surface area contributed by atoms with E-state index in [9.17, 15) is 4.79 Å². The van der Waals surface area contributed by atoms with Crippen molar-refractivity contribution in [3.8, 4) is 0 Å². The maximum Gasteiger partial charge on any atom is 0.290 e. The predicted octanol–water partition coefficient (Wildman–Crippen LogP) is 0.875. The predicted molar refractivity (Wildman–Crippen MR) is 41.7 cm³/mol. The summed E-state index contributed by atoms with van der Waals surface area (Å²) >= 11 is 0. The molecule has 12 heavy (non-hydrogen) atoms. The van der Waals surface area contributed by atoms with Gasteiger partial charge < -0.3 is 9.84 Å². The van der Waals surface area contributed by atoms with Crippen LogP contribution in [-0.2, 0) is 0 Å². The first kappa shape index (κ1) is 7.34. The minimum absolute atomic E-state index is 0.146. The molecular formula is C8H10N2O2. The van der Waals surface area contributed by atoms with Gasteiger partial charge in [-0.3, -0.25) is 4.79 Å². The van der Waals surface area contributed by atoms with Crippen LogP contribution in [0.1, 0.15) is 29.0 Å². The first-order valence-electron chi connectivity index (χ1n) is 3.99. The van der Waals surface area contributed by atoms with Crippen molar-refractivity contribution in [3.63, 3.8) is 0 Å². The first-order chi connectivity index (χ1) is 5.77. The molecule has 4 heteroatoms. The van der Waals surface area contributed by atoms with Crippen LogP contribution >= 0.6 is 0 Å². The van der Waals surface area contributed by atoms with Crippen LogP contribution < -0.4 is 5.32 Å². The zero-order valence-corrected chi connectivity index (χ0v) is 6.83.